The zero-order chi connectivity index (χ0) is 41.1. The first kappa shape index (κ1) is 55.1. The Labute approximate surface area is 350 Å². The molecule has 0 aromatic carbocycles. The number of nitrogens with one attached hydrogen (secondary N) is 1. The second-order valence-corrected chi connectivity index (χ2v) is 17.6. The van der Waals surface area contributed by atoms with Crippen molar-refractivity contribution >= 4 is 6.09 Å². The molecule has 1 N–H and O–H groups in total. The highest BCUT2D eigenvalue weighted by atomic mass is 16.6. The van der Waals surface area contributed by atoms with Crippen molar-refractivity contribution in [3.63, 3.8) is 0 Å². The van der Waals surface area contributed by atoms with Crippen LogP contribution in [0.1, 0.15) is 247 Å². The maximum atomic E-state index is 12.5. The van der Waals surface area contributed by atoms with Gasteiger partial charge in [-0.25, -0.2) is 4.79 Å². The van der Waals surface area contributed by atoms with Gasteiger partial charge in [-0.3, -0.25) is 0 Å². The first-order valence-corrected chi connectivity index (χ1v) is 24.6. The van der Waals surface area contributed by atoms with Gasteiger partial charge in [0.15, 0.2) is 0 Å². The Morgan fingerprint density at radius 3 is 1.29 bits per heavy atom. The monoisotopic (exact) mass is 798 g/mol. The first-order chi connectivity index (χ1) is 27.3. The summed E-state index contributed by atoms with van der Waals surface area (Å²) in [5.41, 5.74) is -0.362. The topological polar surface area (TPSA) is 75.3 Å². The van der Waals surface area contributed by atoms with Crippen LogP contribution in [0.15, 0.2) is 0 Å². The van der Waals surface area contributed by atoms with Crippen molar-refractivity contribution in [2.24, 2.45) is 0 Å². The van der Waals surface area contributed by atoms with Gasteiger partial charge in [0.05, 0.1) is 24.9 Å². The molecule has 0 aliphatic heterocycles. The molecule has 0 aliphatic rings. The molecule has 56 heavy (non-hydrogen) atoms. The molecule has 0 rings (SSSR count). The number of alkyl carbamates (subject to hydrolysis) is 1. The van der Waals surface area contributed by atoms with Gasteiger partial charge in [0.2, 0.25) is 0 Å². The standard InChI is InChI=1S/C49H99NO6/c1-7-9-11-13-15-17-19-21-23-25-27-29-31-33-35-37-41-53-44-47(45-55-48(51)50-40-39-49(4,5)56-43-46(3)52-6)54-42-38-36-34-32-30-28-26-24-22-20-18-16-14-12-10-8-2/h46-47H,7-45H2,1-6H3,(H,50,51). The number of carbonyl (C=O) groups is 1. The number of methoxy groups -OCH3 is 1. The smallest absolute Gasteiger partial charge is 0.407 e. The number of unbranched alkanes of at least 4 members (excludes halogenated alkanes) is 30. The minimum atomic E-state index is -0.417. The highest BCUT2D eigenvalue weighted by molar-refractivity contribution is 5.67. The molecule has 0 saturated carbocycles. The molecule has 7 heteroatoms. The summed E-state index contributed by atoms with van der Waals surface area (Å²) >= 11 is 0. The van der Waals surface area contributed by atoms with Gasteiger partial charge >= 0.3 is 6.09 Å². The fraction of sp³-hybridized carbons (Fsp3) is 0.980. The lowest BCUT2D eigenvalue weighted by Crippen LogP contribution is -2.36. The number of carbonyl (C=O) groups excluding carboxylic acids is 1. The van der Waals surface area contributed by atoms with E-state index in [-0.39, 0.29) is 24.4 Å². The summed E-state index contributed by atoms with van der Waals surface area (Å²) in [4.78, 5) is 12.5. The molecule has 2 atom stereocenters. The molecule has 7 nitrogen and oxygen atoms in total. The van der Waals surface area contributed by atoms with Crippen molar-refractivity contribution < 1.29 is 28.5 Å². The maximum absolute atomic E-state index is 12.5. The Bertz CT molecular complexity index is 780. The normalized spacial score (nSPS) is 13.0. The Morgan fingerprint density at radius 2 is 0.893 bits per heavy atom. The highest BCUT2D eigenvalue weighted by Crippen LogP contribution is 2.17. The summed E-state index contributed by atoms with van der Waals surface area (Å²) in [6, 6.07) is 0. The van der Waals surface area contributed by atoms with Crippen LogP contribution in [-0.4, -0.2) is 70.6 Å². The van der Waals surface area contributed by atoms with Crippen LogP contribution in [0.25, 0.3) is 0 Å². The van der Waals surface area contributed by atoms with Gasteiger partial charge in [-0.05, 0) is 40.0 Å². The fourth-order valence-corrected chi connectivity index (χ4v) is 7.18. The summed E-state index contributed by atoms with van der Waals surface area (Å²) < 4.78 is 29.1. The van der Waals surface area contributed by atoms with Crippen LogP contribution in [-0.2, 0) is 23.7 Å². The van der Waals surface area contributed by atoms with Crippen LogP contribution >= 0.6 is 0 Å². The third kappa shape index (κ3) is 42.7. The van der Waals surface area contributed by atoms with Crippen LogP contribution in [0.3, 0.4) is 0 Å². The molecule has 1 amide bonds. The largest absolute Gasteiger partial charge is 0.447 e. The van der Waals surface area contributed by atoms with Crippen molar-refractivity contribution in [3.8, 4) is 0 Å². The predicted octanol–water partition coefficient (Wildman–Crippen LogP) is 14.9. The Kier molecular flexibility index (Phi) is 43.0. The van der Waals surface area contributed by atoms with Crippen molar-refractivity contribution in [2.45, 2.75) is 264 Å². The van der Waals surface area contributed by atoms with E-state index in [0.29, 0.717) is 32.8 Å². The zero-order valence-electron chi connectivity index (χ0n) is 38.7. The summed E-state index contributed by atoms with van der Waals surface area (Å²) in [6.45, 7) is 13.7. The molecule has 0 saturated heterocycles. The highest BCUT2D eigenvalue weighted by Gasteiger charge is 2.20. The molecule has 336 valence electrons. The number of rotatable bonds is 46. The van der Waals surface area contributed by atoms with Crippen LogP contribution in [0, 0.1) is 0 Å². The summed E-state index contributed by atoms with van der Waals surface area (Å²) in [6.07, 6.45) is 43.6. The van der Waals surface area contributed by atoms with Crippen LogP contribution in [0.5, 0.6) is 0 Å². The third-order valence-corrected chi connectivity index (χ3v) is 11.3. The van der Waals surface area contributed by atoms with Gasteiger partial charge in [0, 0.05) is 26.9 Å². The van der Waals surface area contributed by atoms with Crippen molar-refractivity contribution in [2.75, 3.05) is 46.7 Å². The second kappa shape index (κ2) is 43.7. The Morgan fingerprint density at radius 1 is 0.518 bits per heavy atom. The zero-order valence-corrected chi connectivity index (χ0v) is 38.7. The lowest BCUT2D eigenvalue weighted by molar-refractivity contribution is -0.0682. The molecule has 0 fully saturated rings. The summed E-state index contributed by atoms with van der Waals surface area (Å²) in [7, 11) is 1.68. The molecule has 0 aromatic rings. The number of ether oxygens (including phenoxy) is 5. The average Bonchev–Trinajstić information content (AvgIpc) is 3.19. The maximum Gasteiger partial charge on any atom is 0.407 e. The van der Waals surface area contributed by atoms with E-state index in [9.17, 15) is 4.79 Å². The van der Waals surface area contributed by atoms with Gasteiger partial charge in [-0.1, -0.05) is 206 Å². The van der Waals surface area contributed by atoms with Gasteiger partial charge in [-0.2, -0.15) is 0 Å². The SMILES string of the molecule is CCCCCCCCCCCCCCCCCCOCC(COC(=O)NCCC(C)(C)OCC(C)OC)OCCCCCCCCCCCCCCCCCC. The average molecular weight is 798 g/mol. The third-order valence-electron chi connectivity index (χ3n) is 11.3. The van der Waals surface area contributed by atoms with Crippen LogP contribution < -0.4 is 5.32 Å². The molecule has 0 heterocycles. The van der Waals surface area contributed by atoms with Crippen molar-refractivity contribution in [1.29, 1.82) is 0 Å². The van der Waals surface area contributed by atoms with E-state index < -0.39 is 6.09 Å². The predicted molar refractivity (Wildman–Crippen MR) is 240 cm³/mol. The summed E-state index contributed by atoms with van der Waals surface area (Å²) in [5.74, 6) is 0. The minimum Gasteiger partial charge on any atom is -0.447 e. The van der Waals surface area contributed by atoms with Gasteiger partial charge in [0.25, 0.3) is 0 Å². The van der Waals surface area contributed by atoms with E-state index >= 15 is 0 Å². The van der Waals surface area contributed by atoms with Gasteiger partial charge in [-0.15, -0.1) is 0 Å². The second-order valence-electron chi connectivity index (χ2n) is 17.6. The Hall–Kier alpha value is -0.890. The quantitative estimate of drug-likeness (QED) is 0.0618. The van der Waals surface area contributed by atoms with E-state index in [2.05, 4.69) is 19.2 Å². The number of amides is 1. The van der Waals surface area contributed by atoms with Crippen molar-refractivity contribution in [3.05, 3.63) is 0 Å². The Balaban J connectivity index is 4.16. The minimum absolute atomic E-state index is 0.0367. The first-order valence-electron chi connectivity index (χ1n) is 24.6. The molecule has 0 aromatic heterocycles. The molecular weight excluding hydrogens is 699 g/mol. The molecule has 0 radical (unpaired) electrons. The molecule has 0 aliphatic carbocycles. The molecular formula is C49H99NO6. The molecule has 0 spiro atoms. The van der Waals surface area contributed by atoms with Crippen LogP contribution in [0.4, 0.5) is 4.79 Å². The van der Waals surface area contributed by atoms with Crippen molar-refractivity contribution in [1.82, 2.24) is 5.32 Å². The van der Waals surface area contributed by atoms with E-state index in [1.807, 2.05) is 20.8 Å². The number of hydrogen-bond acceptors (Lipinski definition) is 6. The van der Waals surface area contributed by atoms with E-state index in [1.165, 1.54) is 193 Å². The fourth-order valence-electron chi connectivity index (χ4n) is 7.18. The van der Waals surface area contributed by atoms with E-state index in [0.717, 1.165) is 19.4 Å². The van der Waals surface area contributed by atoms with Gasteiger partial charge in [0.1, 0.15) is 12.7 Å². The molecule has 2 unspecified atom stereocenters. The lowest BCUT2D eigenvalue weighted by atomic mass is 10.0. The van der Waals surface area contributed by atoms with E-state index in [4.69, 9.17) is 23.7 Å². The molecule has 0 bridgehead atoms. The van der Waals surface area contributed by atoms with Crippen LogP contribution in [0.2, 0.25) is 0 Å². The lowest BCUT2D eigenvalue weighted by Gasteiger charge is -2.27. The summed E-state index contributed by atoms with van der Waals surface area (Å²) in [5, 5.41) is 2.88. The number of hydrogen-bond donors (Lipinski definition) is 1. The van der Waals surface area contributed by atoms with Gasteiger partial charge < -0.3 is 29.0 Å². The van der Waals surface area contributed by atoms with E-state index in [1.54, 1.807) is 7.11 Å².